The number of carbonyl (C=O) groups excluding carboxylic acids is 1. The van der Waals surface area contributed by atoms with Gasteiger partial charge < -0.3 is 15.8 Å². The van der Waals surface area contributed by atoms with Crippen LogP contribution in [0.5, 0.6) is 5.75 Å². The Morgan fingerprint density at radius 1 is 1.24 bits per heavy atom. The van der Waals surface area contributed by atoms with Crippen molar-refractivity contribution in [2.24, 2.45) is 5.73 Å². The van der Waals surface area contributed by atoms with Crippen LogP contribution < -0.4 is 15.8 Å². The number of hydrogen-bond acceptors (Lipinski definition) is 3. The van der Waals surface area contributed by atoms with Crippen molar-refractivity contribution in [1.29, 1.82) is 0 Å². The molecule has 0 spiro atoms. The maximum Gasteiger partial charge on any atom is 0.255 e. The van der Waals surface area contributed by atoms with E-state index in [1.807, 2.05) is 12.1 Å². The summed E-state index contributed by atoms with van der Waals surface area (Å²) in [6, 6.07) is 11.7. The average Bonchev–Trinajstić information content (AvgIpc) is 2.47. The molecule has 110 valence electrons. The standard InChI is InChI=1S/C15H14ClFN2O2/c16-13-7-11(3-6-14(13)17)19-8-10-1-4-12(5-2-10)21-9-15(18)20/h1-7,19H,8-9H2,(H2,18,20). The number of ether oxygens (including phenoxy) is 1. The second kappa shape index (κ2) is 6.95. The maximum absolute atomic E-state index is 13.0. The number of rotatable bonds is 6. The molecule has 0 radical (unpaired) electrons. The van der Waals surface area contributed by atoms with E-state index < -0.39 is 11.7 Å². The van der Waals surface area contributed by atoms with E-state index in [2.05, 4.69) is 5.32 Å². The molecule has 0 aliphatic heterocycles. The number of benzene rings is 2. The van der Waals surface area contributed by atoms with E-state index in [0.717, 1.165) is 11.3 Å². The van der Waals surface area contributed by atoms with Gasteiger partial charge in [0.05, 0.1) is 5.02 Å². The quantitative estimate of drug-likeness (QED) is 0.862. The van der Waals surface area contributed by atoms with Crippen molar-refractivity contribution in [3.05, 3.63) is 58.9 Å². The van der Waals surface area contributed by atoms with Gasteiger partial charge >= 0.3 is 0 Å². The SMILES string of the molecule is NC(=O)COc1ccc(CNc2ccc(F)c(Cl)c2)cc1. The third-order valence-corrected chi connectivity index (χ3v) is 3.01. The number of hydrogen-bond donors (Lipinski definition) is 2. The summed E-state index contributed by atoms with van der Waals surface area (Å²) in [6.07, 6.45) is 0. The summed E-state index contributed by atoms with van der Waals surface area (Å²) in [7, 11) is 0. The molecule has 0 saturated heterocycles. The van der Waals surface area contributed by atoms with Gasteiger partial charge in [-0.25, -0.2) is 4.39 Å². The molecule has 0 bridgehead atoms. The number of nitrogens with two attached hydrogens (primary N) is 1. The van der Waals surface area contributed by atoms with Crippen LogP contribution in [-0.2, 0) is 11.3 Å². The molecule has 0 aromatic heterocycles. The van der Waals surface area contributed by atoms with Crippen molar-refractivity contribution in [3.63, 3.8) is 0 Å². The highest BCUT2D eigenvalue weighted by atomic mass is 35.5. The van der Waals surface area contributed by atoms with Gasteiger partial charge in [0, 0.05) is 12.2 Å². The van der Waals surface area contributed by atoms with E-state index in [-0.39, 0.29) is 11.6 Å². The molecule has 0 fully saturated rings. The van der Waals surface area contributed by atoms with Gasteiger partial charge in [-0.2, -0.15) is 0 Å². The fraction of sp³-hybridized carbons (Fsp3) is 0.133. The Morgan fingerprint density at radius 3 is 2.57 bits per heavy atom. The van der Waals surface area contributed by atoms with Gasteiger partial charge in [0.2, 0.25) is 0 Å². The lowest BCUT2D eigenvalue weighted by Crippen LogP contribution is -2.19. The van der Waals surface area contributed by atoms with Crippen LogP contribution in [0, 0.1) is 5.82 Å². The summed E-state index contributed by atoms with van der Waals surface area (Å²) in [5, 5.41) is 3.21. The van der Waals surface area contributed by atoms with Crippen LogP contribution in [0.3, 0.4) is 0 Å². The van der Waals surface area contributed by atoms with E-state index in [1.54, 1.807) is 18.2 Å². The van der Waals surface area contributed by atoms with E-state index >= 15 is 0 Å². The number of nitrogens with one attached hydrogen (secondary N) is 1. The molecule has 2 rings (SSSR count). The second-order valence-corrected chi connectivity index (χ2v) is 4.79. The molecule has 0 atom stereocenters. The Bertz CT molecular complexity index is 632. The fourth-order valence-corrected chi connectivity index (χ4v) is 1.85. The molecular weight excluding hydrogens is 295 g/mol. The Labute approximate surface area is 126 Å². The van der Waals surface area contributed by atoms with Crippen LogP contribution in [-0.4, -0.2) is 12.5 Å². The number of amides is 1. The maximum atomic E-state index is 13.0. The molecule has 0 aliphatic rings. The first-order valence-electron chi connectivity index (χ1n) is 6.23. The predicted molar refractivity (Wildman–Crippen MR) is 79.9 cm³/mol. The molecule has 2 aromatic rings. The lowest BCUT2D eigenvalue weighted by molar-refractivity contribution is -0.119. The summed E-state index contributed by atoms with van der Waals surface area (Å²) in [5.74, 6) is -0.394. The zero-order chi connectivity index (χ0) is 15.2. The number of anilines is 1. The van der Waals surface area contributed by atoms with Crippen LogP contribution in [0.2, 0.25) is 5.02 Å². The topological polar surface area (TPSA) is 64.4 Å². The first-order chi connectivity index (χ1) is 10.0. The normalized spacial score (nSPS) is 10.2. The Hall–Kier alpha value is -2.27. The molecule has 2 aromatic carbocycles. The van der Waals surface area contributed by atoms with E-state index in [4.69, 9.17) is 22.1 Å². The fourth-order valence-electron chi connectivity index (χ4n) is 1.67. The molecule has 1 amide bonds. The van der Waals surface area contributed by atoms with Crippen molar-refractivity contribution in [1.82, 2.24) is 0 Å². The van der Waals surface area contributed by atoms with Crippen molar-refractivity contribution in [3.8, 4) is 5.75 Å². The highest BCUT2D eigenvalue weighted by Crippen LogP contribution is 2.20. The van der Waals surface area contributed by atoms with Crippen molar-refractivity contribution >= 4 is 23.2 Å². The number of halogens is 2. The molecule has 21 heavy (non-hydrogen) atoms. The summed E-state index contributed by atoms with van der Waals surface area (Å²) in [5.41, 5.74) is 6.73. The van der Waals surface area contributed by atoms with E-state index in [1.165, 1.54) is 12.1 Å². The monoisotopic (exact) mass is 308 g/mol. The Kier molecular flexibility index (Phi) is 5.00. The van der Waals surface area contributed by atoms with Crippen LogP contribution >= 0.6 is 11.6 Å². The van der Waals surface area contributed by atoms with Crippen LogP contribution in [0.4, 0.5) is 10.1 Å². The van der Waals surface area contributed by atoms with Crippen LogP contribution in [0.15, 0.2) is 42.5 Å². The summed E-state index contributed by atoms with van der Waals surface area (Å²) in [6.45, 7) is 0.406. The smallest absolute Gasteiger partial charge is 0.255 e. The molecule has 0 saturated carbocycles. The Morgan fingerprint density at radius 2 is 1.95 bits per heavy atom. The molecule has 4 nitrogen and oxygen atoms in total. The van der Waals surface area contributed by atoms with Crippen LogP contribution in [0.25, 0.3) is 0 Å². The van der Waals surface area contributed by atoms with Crippen LogP contribution in [0.1, 0.15) is 5.56 Å². The van der Waals surface area contributed by atoms with Gasteiger partial charge in [0.15, 0.2) is 6.61 Å². The highest BCUT2D eigenvalue weighted by molar-refractivity contribution is 6.31. The number of carbonyl (C=O) groups is 1. The van der Waals surface area contributed by atoms with Crippen molar-refractivity contribution < 1.29 is 13.9 Å². The van der Waals surface area contributed by atoms with Gasteiger partial charge in [-0.15, -0.1) is 0 Å². The summed E-state index contributed by atoms with van der Waals surface area (Å²) < 4.78 is 18.2. The average molecular weight is 309 g/mol. The van der Waals surface area contributed by atoms with E-state index in [9.17, 15) is 9.18 Å². The molecule has 0 unspecified atom stereocenters. The largest absolute Gasteiger partial charge is 0.484 e. The first-order valence-corrected chi connectivity index (χ1v) is 6.61. The zero-order valence-corrected chi connectivity index (χ0v) is 11.9. The minimum atomic E-state index is -0.520. The van der Waals surface area contributed by atoms with Crippen molar-refractivity contribution in [2.45, 2.75) is 6.54 Å². The minimum absolute atomic E-state index is 0.0789. The van der Waals surface area contributed by atoms with Crippen molar-refractivity contribution in [2.75, 3.05) is 11.9 Å². The van der Waals surface area contributed by atoms with Gasteiger partial charge in [-0.1, -0.05) is 23.7 Å². The first kappa shape index (κ1) is 15.1. The molecule has 0 aliphatic carbocycles. The van der Waals surface area contributed by atoms with Gasteiger partial charge in [-0.05, 0) is 35.9 Å². The number of primary amides is 1. The minimum Gasteiger partial charge on any atom is -0.484 e. The summed E-state index contributed by atoms with van der Waals surface area (Å²) in [4.78, 5) is 10.6. The zero-order valence-electron chi connectivity index (χ0n) is 11.1. The molecule has 0 heterocycles. The van der Waals surface area contributed by atoms with Gasteiger partial charge in [0.1, 0.15) is 11.6 Å². The molecule has 6 heteroatoms. The lowest BCUT2D eigenvalue weighted by Gasteiger charge is -2.08. The van der Waals surface area contributed by atoms with E-state index in [0.29, 0.717) is 12.3 Å². The third kappa shape index (κ3) is 4.65. The third-order valence-electron chi connectivity index (χ3n) is 2.72. The molecular formula is C15H14ClFN2O2. The highest BCUT2D eigenvalue weighted by Gasteiger charge is 2.01. The van der Waals surface area contributed by atoms with Gasteiger partial charge in [-0.3, -0.25) is 4.79 Å². The summed E-state index contributed by atoms with van der Waals surface area (Å²) >= 11 is 5.71. The Balaban J connectivity index is 1.91. The van der Waals surface area contributed by atoms with Gasteiger partial charge in [0.25, 0.3) is 5.91 Å². The second-order valence-electron chi connectivity index (χ2n) is 4.38. The molecule has 3 N–H and O–H groups in total. The lowest BCUT2D eigenvalue weighted by atomic mass is 10.2. The predicted octanol–water partition coefficient (Wildman–Crippen LogP) is 2.96.